The second kappa shape index (κ2) is 5.78. The van der Waals surface area contributed by atoms with E-state index < -0.39 is 0 Å². The molecule has 1 amide bonds. The summed E-state index contributed by atoms with van der Waals surface area (Å²) < 4.78 is 1.85. The van der Waals surface area contributed by atoms with Gasteiger partial charge in [-0.15, -0.1) is 0 Å². The molecular weight excluding hydrogens is 384 g/mol. The Labute approximate surface area is 136 Å². The van der Waals surface area contributed by atoms with E-state index in [9.17, 15) is 4.79 Å². The highest BCUT2D eigenvalue weighted by Gasteiger charge is 2.38. The zero-order valence-electron chi connectivity index (χ0n) is 11.2. The van der Waals surface area contributed by atoms with Crippen LogP contribution >= 0.6 is 31.9 Å². The fraction of sp³-hybridized carbons (Fsp3) is 0.533. The zero-order chi connectivity index (χ0) is 14.3. The molecule has 0 aromatic heterocycles. The summed E-state index contributed by atoms with van der Waals surface area (Å²) in [6.45, 7) is 1.75. The largest absolute Gasteiger partial charge is 0.338 e. The van der Waals surface area contributed by atoms with E-state index in [1.54, 1.807) is 0 Å². The lowest BCUT2D eigenvalue weighted by Crippen LogP contribution is -2.32. The maximum absolute atomic E-state index is 12.6. The summed E-state index contributed by atoms with van der Waals surface area (Å²) in [5.41, 5.74) is 6.79. The van der Waals surface area contributed by atoms with Crippen molar-refractivity contribution in [2.24, 2.45) is 17.6 Å². The number of rotatable bonds is 1. The highest BCUT2D eigenvalue weighted by molar-refractivity contribution is 9.11. The Hall–Kier alpha value is -0.390. The van der Waals surface area contributed by atoms with E-state index in [-0.39, 0.29) is 5.91 Å². The van der Waals surface area contributed by atoms with Crippen molar-refractivity contribution in [2.75, 3.05) is 13.1 Å². The number of amides is 1. The Bertz CT molecular complexity index is 514. The number of fused-ring (bicyclic) bond motifs is 1. The summed E-state index contributed by atoms with van der Waals surface area (Å²) >= 11 is 6.88. The van der Waals surface area contributed by atoms with Gasteiger partial charge in [0.15, 0.2) is 0 Å². The molecule has 1 aromatic rings. The summed E-state index contributed by atoms with van der Waals surface area (Å²) in [4.78, 5) is 14.6. The van der Waals surface area contributed by atoms with Crippen molar-refractivity contribution in [1.29, 1.82) is 0 Å². The number of hydrogen-bond acceptors (Lipinski definition) is 2. The predicted molar refractivity (Wildman–Crippen MR) is 86.6 cm³/mol. The minimum atomic E-state index is 0.134. The van der Waals surface area contributed by atoms with Gasteiger partial charge in [-0.05, 0) is 49.3 Å². The topological polar surface area (TPSA) is 46.3 Å². The minimum absolute atomic E-state index is 0.134. The molecule has 1 heterocycles. The van der Waals surface area contributed by atoms with Crippen LogP contribution in [-0.2, 0) is 0 Å². The van der Waals surface area contributed by atoms with Crippen molar-refractivity contribution in [2.45, 2.75) is 25.3 Å². The first-order valence-corrected chi connectivity index (χ1v) is 8.62. The van der Waals surface area contributed by atoms with Crippen molar-refractivity contribution >= 4 is 37.8 Å². The van der Waals surface area contributed by atoms with E-state index in [0.29, 0.717) is 17.9 Å². The van der Waals surface area contributed by atoms with Gasteiger partial charge in [-0.2, -0.15) is 0 Å². The van der Waals surface area contributed by atoms with Crippen LogP contribution in [-0.4, -0.2) is 29.9 Å². The molecule has 1 aliphatic heterocycles. The SMILES string of the molecule is NC1CC[C@@H]2CN(C(=O)c3cc(Br)cc(Br)c3)C[C@@H]2C1. The number of nitrogens with zero attached hydrogens (tertiary/aromatic N) is 1. The van der Waals surface area contributed by atoms with Gasteiger partial charge < -0.3 is 10.6 Å². The van der Waals surface area contributed by atoms with Gasteiger partial charge in [0.05, 0.1) is 0 Å². The van der Waals surface area contributed by atoms with Gasteiger partial charge in [0, 0.05) is 33.6 Å². The van der Waals surface area contributed by atoms with Crippen molar-refractivity contribution in [3.8, 4) is 0 Å². The van der Waals surface area contributed by atoms with Gasteiger partial charge in [-0.25, -0.2) is 0 Å². The molecule has 0 spiro atoms. The maximum Gasteiger partial charge on any atom is 0.253 e. The number of likely N-dealkylation sites (tertiary alicyclic amines) is 1. The molecular formula is C15H18Br2N2O. The molecule has 3 atom stereocenters. The Morgan fingerprint density at radius 3 is 2.45 bits per heavy atom. The first-order valence-electron chi connectivity index (χ1n) is 7.04. The number of carbonyl (C=O) groups excluding carboxylic acids is 1. The van der Waals surface area contributed by atoms with Crippen LogP contribution < -0.4 is 5.73 Å². The van der Waals surface area contributed by atoms with Crippen LogP contribution in [0.25, 0.3) is 0 Å². The van der Waals surface area contributed by atoms with Gasteiger partial charge in [-0.1, -0.05) is 31.9 Å². The summed E-state index contributed by atoms with van der Waals surface area (Å²) in [6.07, 6.45) is 3.33. The molecule has 2 fully saturated rings. The van der Waals surface area contributed by atoms with Crippen LogP contribution in [0, 0.1) is 11.8 Å². The van der Waals surface area contributed by atoms with Crippen LogP contribution in [0.3, 0.4) is 0 Å². The Morgan fingerprint density at radius 2 is 1.75 bits per heavy atom. The van der Waals surface area contributed by atoms with Gasteiger partial charge in [0.25, 0.3) is 5.91 Å². The van der Waals surface area contributed by atoms with Crippen molar-refractivity contribution in [3.63, 3.8) is 0 Å². The van der Waals surface area contributed by atoms with Crippen LogP contribution in [0.15, 0.2) is 27.1 Å². The van der Waals surface area contributed by atoms with E-state index in [4.69, 9.17) is 5.73 Å². The molecule has 1 saturated carbocycles. The van der Waals surface area contributed by atoms with Gasteiger partial charge in [0.2, 0.25) is 0 Å². The molecule has 5 heteroatoms. The molecule has 20 heavy (non-hydrogen) atoms. The fourth-order valence-corrected chi connectivity index (χ4v) is 4.79. The molecule has 1 saturated heterocycles. The number of benzene rings is 1. The summed E-state index contributed by atoms with van der Waals surface area (Å²) in [5.74, 6) is 1.38. The molecule has 108 valence electrons. The smallest absolute Gasteiger partial charge is 0.253 e. The lowest BCUT2D eigenvalue weighted by atomic mass is 9.79. The monoisotopic (exact) mass is 400 g/mol. The molecule has 2 aliphatic rings. The highest BCUT2D eigenvalue weighted by atomic mass is 79.9. The molecule has 1 aromatic carbocycles. The van der Waals surface area contributed by atoms with Crippen molar-refractivity contribution in [1.82, 2.24) is 4.90 Å². The molecule has 1 aliphatic carbocycles. The fourth-order valence-electron chi connectivity index (χ4n) is 3.49. The molecule has 3 rings (SSSR count). The Balaban J connectivity index is 1.75. The molecule has 0 bridgehead atoms. The quantitative estimate of drug-likeness (QED) is 0.783. The maximum atomic E-state index is 12.6. The standard InChI is InChI=1S/C15H18Br2N2O/c16-12-3-10(4-13(17)6-12)15(20)19-7-9-1-2-14(18)5-11(9)8-19/h3-4,6,9,11,14H,1-2,5,7-8,18H2/t9-,11+,14?/m1/s1. The first-order chi connectivity index (χ1) is 9.52. The van der Waals surface area contributed by atoms with Crippen molar-refractivity contribution < 1.29 is 4.79 Å². The number of carbonyl (C=O) groups is 1. The van der Waals surface area contributed by atoms with Crippen molar-refractivity contribution in [3.05, 3.63) is 32.7 Å². The number of nitrogens with two attached hydrogens (primary N) is 1. The third kappa shape index (κ3) is 2.95. The molecule has 0 radical (unpaired) electrons. The Kier molecular flexibility index (Phi) is 4.20. The summed E-state index contributed by atoms with van der Waals surface area (Å²) in [6, 6.07) is 6.05. The third-order valence-electron chi connectivity index (χ3n) is 4.49. The van der Waals surface area contributed by atoms with E-state index in [1.807, 2.05) is 23.1 Å². The zero-order valence-corrected chi connectivity index (χ0v) is 14.4. The van der Waals surface area contributed by atoms with E-state index in [2.05, 4.69) is 31.9 Å². The van der Waals surface area contributed by atoms with Gasteiger partial charge in [0.1, 0.15) is 0 Å². The first kappa shape index (κ1) is 14.5. The lowest BCUT2D eigenvalue weighted by molar-refractivity contribution is 0.0784. The average Bonchev–Trinajstić information content (AvgIpc) is 2.79. The van der Waals surface area contributed by atoms with E-state index in [0.717, 1.165) is 46.9 Å². The minimum Gasteiger partial charge on any atom is -0.338 e. The van der Waals surface area contributed by atoms with Crippen LogP contribution in [0.1, 0.15) is 29.6 Å². The third-order valence-corrected chi connectivity index (χ3v) is 5.40. The van der Waals surface area contributed by atoms with E-state index in [1.165, 1.54) is 0 Å². The van der Waals surface area contributed by atoms with Gasteiger partial charge >= 0.3 is 0 Å². The second-order valence-corrected chi connectivity index (χ2v) is 7.79. The van der Waals surface area contributed by atoms with Crippen LogP contribution in [0.4, 0.5) is 0 Å². The highest BCUT2D eigenvalue weighted by Crippen LogP contribution is 2.36. The average molecular weight is 402 g/mol. The lowest BCUT2D eigenvalue weighted by Gasteiger charge is -2.27. The Morgan fingerprint density at radius 1 is 1.10 bits per heavy atom. The summed E-state index contributed by atoms with van der Waals surface area (Å²) in [5, 5.41) is 0. The van der Waals surface area contributed by atoms with Crippen LogP contribution in [0.2, 0.25) is 0 Å². The second-order valence-electron chi connectivity index (χ2n) is 5.96. The summed E-state index contributed by atoms with van der Waals surface area (Å²) in [7, 11) is 0. The molecule has 3 nitrogen and oxygen atoms in total. The number of halogens is 2. The molecule has 2 N–H and O–H groups in total. The van der Waals surface area contributed by atoms with E-state index >= 15 is 0 Å². The molecule has 1 unspecified atom stereocenters. The number of hydrogen-bond donors (Lipinski definition) is 1. The van der Waals surface area contributed by atoms with Gasteiger partial charge in [-0.3, -0.25) is 4.79 Å². The normalized spacial score (nSPS) is 29.4. The van der Waals surface area contributed by atoms with Crippen LogP contribution in [0.5, 0.6) is 0 Å². The predicted octanol–water partition coefficient (Wildman–Crippen LogP) is 3.41.